The summed E-state index contributed by atoms with van der Waals surface area (Å²) in [6, 6.07) is 6.06. The molecule has 3 N–H and O–H groups in total. The van der Waals surface area contributed by atoms with E-state index in [0.29, 0.717) is 11.6 Å². The highest BCUT2D eigenvalue weighted by Gasteiger charge is 2.11. The Labute approximate surface area is 110 Å². The number of nitrogens with one attached hydrogen (secondary N) is 3. The number of morpholine rings is 1. The Hall–Kier alpha value is -1.63. The number of H-pyrrole nitrogens is 1. The summed E-state index contributed by atoms with van der Waals surface area (Å²) in [6.45, 7) is 4.07. The predicted octanol–water partition coefficient (Wildman–Crippen LogP) is 0.199. The fourth-order valence-corrected chi connectivity index (χ4v) is 2.25. The zero-order chi connectivity index (χ0) is 13.1. The van der Waals surface area contributed by atoms with Crippen LogP contribution in [0.4, 0.5) is 0 Å². The minimum absolute atomic E-state index is 0.367. The molecule has 1 saturated heterocycles. The Morgan fingerprint density at radius 1 is 1.42 bits per heavy atom. The minimum Gasteiger partial charge on any atom is -0.408 e. The van der Waals surface area contributed by atoms with Gasteiger partial charge in [-0.1, -0.05) is 6.07 Å². The van der Waals surface area contributed by atoms with Gasteiger partial charge in [-0.2, -0.15) is 0 Å². The van der Waals surface area contributed by atoms with E-state index >= 15 is 0 Å². The van der Waals surface area contributed by atoms with Crippen molar-refractivity contribution in [2.75, 3.05) is 26.3 Å². The highest BCUT2D eigenvalue weighted by atomic mass is 16.5. The van der Waals surface area contributed by atoms with Gasteiger partial charge in [-0.3, -0.25) is 4.98 Å². The molecular weight excluding hydrogens is 246 g/mol. The maximum atomic E-state index is 11.1. The Morgan fingerprint density at radius 3 is 3.21 bits per heavy atom. The van der Waals surface area contributed by atoms with Gasteiger partial charge in [0.1, 0.15) is 0 Å². The molecule has 1 aromatic carbocycles. The van der Waals surface area contributed by atoms with Gasteiger partial charge < -0.3 is 19.8 Å². The van der Waals surface area contributed by atoms with Crippen LogP contribution in [0.5, 0.6) is 0 Å². The summed E-state index contributed by atoms with van der Waals surface area (Å²) in [4.78, 5) is 13.7. The summed E-state index contributed by atoms with van der Waals surface area (Å²) < 4.78 is 10.4. The third-order valence-electron chi connectivity index (χ3n) is 3.20. The highest BCUT2D eigenvalue weighted by molar-refractivity contribution is 5.72. The van der Waals surface area contributed by atoms with Gasteiger partial charge in [0.25, 0.3) is 0 Å². The molecule has 1 atom stereocenters. The summed E-state index contributed by atoms with van der Waals surface area (Å²) in [5.74, 6) is -0.413. The summed E-state index contributed by atoms with van der Waals surface area (Å²) in [6.07, 6.45) is 0. The van der Waals surface area contributed by atoms with Crippen LogP contribution in [0.1, 0.15) is 5.56 Å². The van der Waals surface area contributed by atoms with E-state index < -0.39 is 5.76 Å². The molecule has 1 aliphatic heterocycles. The average molecular weight is 263 g/mol. The molecule has 1 aliphatic rings. The SMILES string of the molecule is O=c1[nH]c2cc(CNCC3COCCN3)ccc2o1. The van der Waals surface area contributed by atoms with Crippen molar-refractivity contribution in [3.05, 3.63) is 34.3 Å². The number of ether oxygens (including phenoxy) is 1. The fraction of sp³-hybridized carbons (Fsp3) is 0.462. The van der Waals surface area contributed by atoms with Gasteiger partial charge in [-0.05, 0) is 17.7 Å². The molecule has 2 heterocycles. The Kier molecular flexibility index (Phi) is 3.63. The van der Waals surface area contributed by atoms with Crippen LogP contribution in [-0.4, -0.2) is 37.3 Å². The minimum atomic E-state index is -0.413. The lowest BCUT2D eigenvalue weighted by Gasteiger charge is -2.24. The van der Waals surface area contributed by atoms with Crippen molar-refractivity contribution >= 4 is 11.1 Å². The third-order valence-corrected chi connectivity index (χ3v) is 3.20. The lowest BCUT2D eigenvalue weighted by molar-refractivity contribution is 0.0766. The number of fused-ring (bicyclic) bond motifs is 1. The smallest absolute Gasteiger partial charge is 0.408 e. The molecule has 0 saturated carbocycles. The highest BCUT2D eigenvalue weighted by Crippen LogP contribution is 2.11. The number of hydrogen-bond acceptors (Lipinski definition) is 5. The maximum Gasteiger partial charge on any atom is 0.417 e. The monoisotopic (exact) mass is 263 g/mol. The van der Waals surface area contributed by atoms with Crippen molar-refractivity contribution in [1.29, 1.82) is 0 Å². The van der Waals surface area contributed by atoms with Gasteiger partial charge in [-0.15, -0.1) is 0 Å². The largest absolute Gasteiger partial charge is 0.417 e. The van der Waals surface area contributed by atoms with Crippen molar-refractivity contribution in [2.24, 2.45) is 0 Å². The second-order valence-corrected chi connectivity index (χ2v) is 4.70. The molecule has 6 heteroatoms. The Bertz CT molecular complexity index is 598. The molecule has 6 nitrogen and oxygen atoms in total. The van der Waals surface area contributed by atoms with Crippen LogP contribution in [0.3, 0.4) is 0 Å². The lowest BCUT2D eigenvalue weighted by Crippen LogP contribution is -2.47. The number of benzene rings is 1. The standard InChI is InChI=1S/C13H17N3O3/c17-13-16-11-5-9(1-2-12(11)19-13)6-14-7-10-8-18-4-3-15-10/h1-2,5,10,14-15H,3-4,6-8H2,(H,16,17). The van der Waals surface area contributed by atoms with E-state index in [0.717, 1.165) is 43.9 Å². The van der Waals surface area contributed by atoms with Gasteiger partial charge in [0.05, 0.1) is 18.7 Å². The van der Waals surface area contributed by atoms with Gasteiger partial charge in [0.15, 0.2) is 5.58 Å². The first kappa shape index (κ1) is 12.4. The number of hydrogen-bond donors (Lipinski definition) is 3. The van der Waals surface area contributed by atoms with Gasteiger partial charge >= 0.3 is 5.76 Å². The lowest BCUT2D eigenvalue weighted by atomic mass is 10.2. The van der Waals surface area contributed by atoms with Crippen molar-refractivity contribution in [3.63, 3.8) is 0 Å². The normalized spacial score (nSPS) is 19.9. The molecule has 0 aliphatic carbocycles. The van der Waals surface area contributed by atoms with E-state index in [1.807, 2.05) is 18.2 Å². The summed E-state index contributed by atoms with van der Waals surface area (Å²) >= 11 is 0. The number of oxazole rings is 1. The first-order valence-electron chi connectivity index (χ1n) is 6.45. The number of aromatic nitrogens is 1. The molecular formula is C13H17N3O3. The second kappa shape index (κ2) is 5.56. The van der Waals surface area contributed by atoms with Crippen molar-refractivity contribution in [3.8, 4) is 0 Å². The van der Waals surface area contributed by atoms with Crippen LogP contribution in [0.15, 0.2) is 27.4 Å². The van der Waals surface area contributed by atoms with Crippen LogP contribution in [0.25, 0.3) is 11.1 Å². The van der Waals surface area contributed by atoms with Crippen LogP contribution in [0, 0.1) is 0 Å². The molecule has 0 radical (unpaired) electrons. The van der Waals surface area contributed by atoms with E-state index in [4.69, 9.17) is 9.15 Å². The Morgan fingerprint density at radius 2 is 2.37 bits per heavy atom. The van der Waals surface area contributed by atoms with E-state index in [9.17, 15) is 4.79 Å². The molecule has 0 spiro atoms. The summed E-state index contributed by atoms with van der Waals surface area (Å²) in [5, 5.41) is 6.77. The molecule has 3 rings (SSSR count). The molecule has 0 bridgehead atoms. The predicted molar refractivity (Wildman–Crippen MR) is 71.2 cm³/mol. The van der Waals surface area contributed by atoms with E-state index in [1.165, 1.54) is 0 Å². The van der Waals surface area contributed by atoms with Crippen LogP contribution < -0.4 is 16.4 Å². The molecule has 1 unspecified atom stereocenters. The van der Waals surface area contributed by atoms with Crippen molar-refractivity contribution in [2.45, 2.75) is 12.6 Å². The summed E-state index contributed by atoms with van der Waals surface area (Å²) in [5.41, 5.74) is 2.45. The molecule has 102 valence electrons. The van der Waals surface area contributed by atoms with Gasteiger partial charge in [0.2, 0.25) is 0 Å². The Balaban J connectivity index is 1.57. The van der Waals surface area contributed by atoms with Gasteiger partial charge in [0, 0.05) is 25.7 Å². The molecule has 19 heavy (non-hydrogen) atoms. The first-order chi connectivity index (χ1) is 9.31. The van der Waals surface area contributed by atoms with Crippen LogP contribution in [0.2, 0.25) is 0 Å². The topological polar surface area (TPSA) is 79.3 Å². The van der Waals surface area contributed by atoms with Crippen LogP contribution >= 0.6 is 0 Å². The maximum absolute atomic E-state index is 11.1. The second-order valence-electron chi connectivity index (χ2n) is 4.70. The molecule has 1 fully saturated rings. The summed E-state index contributed by atoms with van der Waals surface area (Å²) in [7, 11) is 0. The fourth-order valence-electron chi connectivity index (χ4n) is 2.25. The number of aromatic amines is 1. The third kappa shape index (κ3) is 3.04. The molecule has 1 aromatic heterocycles. The first-order valence-corrected chi connectivity index (χ1v) is 6.45. The van der Waals surface area contributed by atoms with E-state index in [-0.39, 0.29) is 0 Å². The average Bonchev–Trinajstić information content (AvgIpc) is 2.79. The quantitative estimate of drug-likeness (QED) is 0.734. The van der Waals surface area contributed by atoms with E-state index in [2.05, 4.69) is 15.6 Å². The van der Waals surface area contributed by atoms with Gasteiger partial charge in [-0.25, -0.2) is 4.79 Å². The molecule has 0 amide bonds. The van der Waals surface area contributed by atoms with Crippen molar-refractivity contribution in [1.82, 2.24) is 15.6 Å². The molecule has 2 aromatic rings. The van der Waals surface area contributed by atoms with E-state index in [1.54, 1.807) is 0 Å². The zero-order valence-electron chi connectivity index (χ0n) is 10.6. The number of rotatable bonds is 4. The van der Waals surface area contributed by atoms with Crippen molar-refractivity contribution < 1.29 is 9.15 Å². The zero-order valence-corrected chi connectivity index (χ0v) is 10.6. The van der Waals surface area contributed by atoms with Crippen LogP contribution in [-0.2, 0) is 11.3 Å².